The van der Waals surface area contributed by atoms with Crippen LogP contribution in [0.2, 0.25) is 0 Å². The minimum absolute atomic E-state index is 0.0484. The molecule has 0 radical (unpaired) electrons. The number of aryl methyl sites for hydroxylation is 1. The molecular weight excluding hydrogens is 608 g/mol. The minimum Gasteiger partial charge on any atom is -0.444 e. The molecular formula is C36H44N8O4. The maximum atomic E-state index is 12.9. The van der Waals surface area contributed by atoms with Gasteiger partial charge >= 0.3 is 17.9 Å². The Labute approximate surface area is 280 Å². The van der Waals surface area contributed by atoms with Crippen molar-refractivity contribution in [3.05, 3.63) is 71.1 Å². The number of H-pyrrole nitrogens is 1. The molecule has 4 heterocycles. The fraction of sp³-hybridized carbons (Fsp3) is 0.444. The van der Waals surface area contributed by atoms with Gasteiger partial charge in [0, 0.05) is 54.6 Å². The SMILES string of the molecule is Cc1cc(-c2ncnc3[nH]c4cc(CN5CCN(C(=O)OC(C)(C)C)CC5)ccc4c23)ccc1[C@@H](C)NC(=O)c1nc(C(C)(C)C)no1. The third-order valence-electron chi connectivity index (χ3n) is 8.53. The summed E-state index contributed by atoms with van der Waals surface area (Å²) in [6, 6.07) is 12.3. The number of nitrogens with one attached hydrogen (secondary N) is 2. The highest BCUT2D eigenvalue weighted by Gasteiger charge is 2.27. The fourth-order valence-electron chi connectivity index (χ4n) is 6.03. The average molecular weight is 653 g/mol. The first kappa shape index (κ1) is 33.1. The second-order valence-corrected chi connectivity index (χ2v) is 14.6. The van der Waals surface area contributed by atoms with Gasteiger partial charge in [-0.1, -0.05) is 50.2 Å². The largest absolute Gasteiger partial charge is 0.444 e. The van der Waals surface area contributed by atoms with Crippen molar-refractivity contribution in [3.8, 4) is 11.3 Å². The maximum absolute atomic E-state index is 12.9. The lowest BCUT2D eigenvalue weighted by Gasteiger charge is -2.35. The Morgan fingerprint density at radius 1 is 1.02 bits per heavy atom. The van der Waals surface area contributed by atoms with Crippen molar-refractivity contribution in [2.75, 3.05) is 26.2 Å². The monoisotopic (exact) mass is 652 g/mol. The third kappa shape index (κ3) is 7.03. The number of carbonyl (C=O) groups excluding carboxylic acids is 2. The standard InChI is InChI=1S/C36H44N8O4/c1-21-17-24(10-12-25(21)22(2)39-31(45)32-41-33(42-48-32)35(3,4)5)29-28-26-11-9-23(18-27(26)40-30(28)38-20-37-29)19-43-13-15-44(16-14-43)34(46)47-36(6,7)8/h9-12,17-18,20,22H,13-16,19H2,1-8H3,(H,39,45)(H,37,38,40)/t22-/m1/s1. The van der Waals surface area contributed by atoms with Crippen LogP contribution in [0.3, 0.4) is 0 Å². The highest BCUT2D eigenvalue weighted by molar-refractivity contribution is 6.12. The van der Waals surface area contributed by atoms with Crippen molar-refractivity contribution < 1.29 is 18.8 Å². The number of aromatic nitrogens is 5. The molecule has 0 aliphatic carbocycles. The molecule has 0 saturated carbocycles. The molecule has 1 aliphatic heterocycles. The Morgan fingerprint density at radius 3 is 2.44 bits per heavy atom. The second kappa shape index (κ2) is 12.6. The van der Waals surface area contributed by atoms with Gasteiger partial charge in [-0.3, -0.25) is 9.69 Å². The Kier molecular flexibility index (Phi) is 8.71. The van der Waals surface area contributed by atoms with Crippen molar-refractivity contribution in [1.82, 2.24) is 40.2 Å². The number of fused-ring (bicyclic) bond motifs is 3. The number of hydrogen-bond donors (Lipinski definition) is 2. The molecule has 12 nitrogen and oxygen atoms in total. The van der Waals surface area contributed by atoms with Crippen LogP contribution in [-0.4, -0.2) is 78.7 Å². The molecule has 1 aliphatic rings. The average Bonchev–Trinajstić information content (AvgIpc) is 3.66. The summed E-state index contributed by atoms with van der Waals surface area (Å²) in [7, 11) is 0. The smallest absolute Gasteiger partial charge is 0.410 e. The van der Waals surface area contributed by atoms with Gasteiger partial charge in [-0.05, 0) is 63.4 Å². The van der Waals surface area contributed by atoms with Crippen LogP contribution < -0.4 is 5.32 Å². The van der Waals surface area contributed by atoms with E-state index in [1.54, 1.807) is 11.2 Å². The van der Waals surface area contributed by atoms with Crippen LogP contribution in [-0.2, 0) is 16.7 Å². The number of piperazine rings is 1. The zero-order valence-electron chi connectivity index (χ0n) is 29.0. The van der Waals surface area contributed by atoms with E-state index in [0.717, 1.165) is 64.0 Å². The molecule has 252 valence electrons. The Bertz CT molecular complexity index is 1980. The Hall–Kier alpha value is -4.84. The number of amides is 2. The number of benzene rings is 2. The van der Waals surface area contributed by atoms with Crippen LogP contribution in [0, 0.1) is 6.92 Å². The zero-order chi connectivity index (χ0) is 34.4. The molecule has 1 atom stereocenters. The van der Waals surface area contributed by atoms with Gasteiger partial charge in [-0.15, -0.1) is 0 Å². The lowest BCUT2D eigenvalue weighted by Crippen LogP contribution is -2.49. The van der Waals surface area contributed by atoms with Crippen LogP contribution in [0.1, 0.15) is 87.7 Å². The lowest BCUT2D eigenvalue weighted by molar-refractivity contribution is 0.0139. The molecule has 2 amide bonds. The molecule has 2 aromatic carbocycles. The van der Waals surface area contributed by atoms with Gasteiger partial charge in [-0.2, -0.15) is 4.98 Å². The summed E-state index contributed by atoms with van der Waals surface area (Å²) >= 11 is 0. The molecule has 48 heavy (non-hydrogen) atoms. The molecule has 1 saturated heterocycles. The number of carbonyl (C=O) groups is 2. The van der Waals surface area contributed by atoms with Gasteiger partial charge in [0.1, 0.15) is 17.6 Å². The van der Waals surface area contributed by atoms with Crippen molar-refractivity contribution >= 4 is 33.9 Å². The summed E-state index contributed by atoms with van der Waals surface area (Å²) < 4.78 is 10.8. The van der Waals surface area contributed by atoms with Gasteiger partial charge in [-0.25, -0.2) is 14.8 Å². The molecule has 6 rings (SSSR count). The highest BCUT2D eigenvalue weighted by atomic mass is 16.6. The van der Waals surface area contributed by atoms with E-state index in [1.807, 2.05) is 67.5 Å². The van der Waals surface area contributed by atoms with E-state index in [-0.39, 0.29) is 23.4 Å². The fourth-order valence-corrected chi connectivity index (χ4v) is 6.03. The van der Waals surface area contributed by atoms with Gasteiger partial charge in [0.15, 0.2) is 5.82 Å². The lowest BCUT2D eigenvalue weighted by atomic mass is 9.96. The minimum atomic E-state index is -0.498. The third-order valence-corrected chi connectivity index (χ3v) is 8.53. The Morgan fingerprint density at radius 2 is 1.77 bits per heavy atom. The molecule has 2 N–H and O–H groups in total. The first-order valence-corrected chi connectivity index (χ1v) is 16.4. The summed E-state index contributed by atoms with van der Waals surface area (Å²) in [5, 5.41) is 8.96. The summed E-state index contributed by atoms with van der Waals surface area (Å²) in [6.07, 6.45) is 1.33. The molecule has 3 aromatic heterocycles. The van der Waals surface area contributed by atoms with Crippen LogP contribution in [0.15, 0.2) is 47.2 Å². The van der Waals surface area contributed by atoms with Gasteiger partial charge in [0.2, 0.25) is 0 Å². The van der Waals surface area contributed by atoms with Gasteiger partial charge < -0.3 is 24.5 Å². The first-order valence-electron chi connectivity index (χ1n) is 16.4. The van der Waals surface area contributed by atoms with E-state index in [2.05, 4.69) is 54.6 Å². The van der Waals surface area contributed by atoms with Gasteiger partial charge in [0.25, 0.3) is 0 Å². The number of hydrogen-bond acceptors (Lipinski definition) is 9. The Balaban J connectivity index is 1.17. The number of nitrogens with zero attached hydrogens (tertiary/aromatic N) is 6. The predicted octanol–water partition coefficient (Wildman–Crippen LogP) is 6.31. The molecule has 0 spiro atoms. The second-order valence-electron chi connectivity index (χ2n) is 14.6. The quantitative estimate of drug-likeness (QED) is 0.216. The molecule has 5 aromatic rings. The summed E-state index contributed by atoms with van der Waals surface area (Å²) in [4.78, 5) is 46.5. The zero-order valence-corrected chi connectivity index (χ0v) is 29.0. The van der Waals surface area contributed by atoms with E-state index in [0.29, 0.717) is 18.9 Å². The molecule has 12 heteroatoms. The molecule has 1 fully saturated rings. The number of rotatable bonds is 6. The van der Waals surface area contributed by atoms with E-state index in [1.165, 1.54) is 5.56 Å². The highest BCUT2D eigenvalue weighted by Crippen LogP contribution is 2.34. The van der Waals surface area contributed by atoms with Crippen LogP contribution in [0.25, 0.3) is 33.2 Å². The first-order chi connectivity index (χ1) is 22.7. The number of ether oxygens (including phenoxy) is 1. The van der Waals surface area contributed by atoms with E-state index < -0.39 is 11.5 Å². The van der Waals surface area contributed by atoms with Gasteiger partial charge in [0.05, 0.1) is 17.1 Å². The van der Waals surface area contributed by atoms with Crippen molar-refractivity contribution in [1.29, 1.82) is 0 Å². The summed E-state index contributed by atoms with van der Waals surface area (Å²) in [5.41, 5.74) is 5.92. The van der Waals surface area contributed by atoms with Crippen LogP contribution in [0.4, 0.5) is 4.79 Å². The summed E-state index contributed by atoms with van der Waals surface area (Å²) in [5.74, 6) is 0.0288. The van der Waals surface area contributed by atoms with Crippen LogP contribution >= 0.6 is 0 Å². The number of aromatic amines is 1. The van der Waals surface area contributed by atoms with Crippen molar-refractivity contribution in [3.63, 3.8) is 0 Å². The van der Waals surface area contributed by atoms with E-state index >= 15 is 0 Å². The topological polar surface area (TPSA) is 142 Å². The van der Waals surface area contributed by atoms with Crippen molar-refractivity contribution in [2.45, 2.75) is 79.0 Å². The van der Waals surface area contributed by atoms with Crippen LogP contribution in [0.5, 0.6) is 0 Å². The predicted molar refractivity (Wildman–Crippen MR) is 184 cm³/mol. The van der Waals surface area contributed by atoms with E-state index in [4.69, 9.17) is 14.2 Å². The summed E-state index contributed by atoms with van der Waals surface area (Å²) in [6.45, 7) is 19.2. The molecule has 0 unspecified atom stereocenters. The maximum Gasteiger partial charge on any atom is 0.410 e. The normalized spacial score (nSPS) is 15.2. The van der Waals surface area contributed by atoms with Crippen molar-refractivity contribution in [2.24, 2.45) is 0 Å². The molecule has 0 bridgehead atoms. The van der Waals surface area contributed by atoms with E-state index in [9.17, 15) is 9.59 Å².